The number of rotatable bonds is 1. The molecule has 0 bridgehead atoms. The zero-order chi connectivity index (χ0) is 7.07. The van der Waals surface area contributed by atoms with E-state index in [9.17, 15) is 5.11 Å². The van der Waals surface area contributed by atoms with E-state index in [1.54, 1.807) is 0 Å². The number of hydrogen-bond acceptors (Lipinski definition) is 1. The largest absolute Gasteiger partial charge is 0.390 e. The molecule has 0 heterocycles. The minimum atomic E-state index is -0.339. The summed E-state index contributed by atoms with van der Waals surface area (Å²) in [5.74, 6) is 1.29. The van der Waals surface area contributed by atoms with Gasteiger partial charge in [0.2, 0.25) is 0 Å². The van der Waals surface area contributed by atoms with Crippen molar-refractivity contribution < 1.29 is 5.11 Å². The maximum absolute atomic E-state index is 9.54. The molecular weight excluding hydrogens is 112 g/mol. The third kappa shape index (κ3) is 0.983. The van der Waals surface area contributed by atoms with Crippen LogP contribution in [0.1, 0.15) is 33.6 Å². The molecule has 1 rings (SSSR count). The summed E-state index contributed by atoms with van der Waals surface area (Å²) < 4.78 is 0. The van der Waals surface area contributed by atoms with Gasteiger partial charge in [-0.15, -0.1) is 0 Å². The Hall–Kier alpha value is -0.0400. The van der Waals surface area contributed by atoms with Gasteiger partial charge >= 0.3 is 0 Å². The Bertz CT molecular complexity index is 107. The van der Waals surface area contributed by atoms with Gasteiger partial charge in [-0.3, -0.25) is 0 Å². The van der Waals surface area contributed by atoms with Crippen LogP contribution < -0.4 is 0 Å². The van der Waals surface area contributed by atoms with E-state index in [-0.39, 0.29) is 5.60 Å². The van der Waals surface area contributed by atoms with Gasteiger partial charge in [-0.1, -0.05) is 20.3 Å². The van der Waals surface area contributed by atoms with Crippen molar-refractivity contribution in [3.63, 3.8) is 0 Å². The first-order valence-corrected chi connectivity index (χ1v) is 3.80. The van der Waals surface area contributed by atoms with Gasteiger partial charge in [0, 0.05) is 0 Å². The fourth-order valence-corrected chi connectivity index (χ4v) is 2.24. The van der Waals surface area contributed by atoms with E-state index in [4.69, 9.17) is 0 Å². The highest BCUT2D eigenvalue weighted by Gasteiger charge is 2.45. The molecule has 54 valence electrons. The highest BCUT2D eigenvalue weighted by Crippen LogP contribution is 2.44. The van der Waals surface area contributed by atoms with Gasteiger partial charge in [-0.2, -0.15) is 0 Å². The Morgan fingerprint density at radius 1 is 1.67 bits per heavy atom. The summed E-state index contributed by atoms with van der Waals surface area (Å²) in [4.78, 5) is 0. The molecule has 1 aliphatic carbocycles. The van der Waals surface area contributed by atoms with Gasteiger partial charge in [-0.05, 0) is 25.2 Å². The minimum Gasteiger partial charge on any atom is -0.390 e. The van der Waals surface area contributed by atoms with Crippen molar-refractivity contribution in [1.82, 2.24) is 0 Å². The molecule has 1 fully saturated rings. The van der Waals surface area contributed by atoms with Crippen LogP contribution in [0.5, 0.6) is 0 Å². The van der Waals surface area contributed by atoms with Crippen LogP contribution in [-0.4, -0.2) is 10.7 Å². The zero-order valence-electron chi connectivity index (χ0n) is 6.52. The average Bonchev–Trinajstić information content (AvgIpc) is 1.63. The Morgan fingerprint density at radius 3 is 2.33 bits per heavy atom. The summed E-state index contributed by atoms with van der Waals surface area (Å²) in [5, 5.41) is 9.54. The SMILES string of the molecule is CCC1C(C)CC1(C)O. The summed E-state index contributed by atoms with van der Waals surface area (Å²) in [6.45, 7) is 6.31. The Morgan fingerprint density at radius 2 is 2.22 bits per heavy atom. The maximum Gasteiger partial charge on any atom is 0.0652 e. The van der Waals surface area contributed by atoms with Crippen molar-refractivity contribution in [2.45, 2.75) is 39.2 Å². The van der Waals surface area contributed by atoms with Crippen LogP contribution in [0.3, 0.4) is 0 Å². The molecule has 0 aliphatic heterocycles. The Labute approximate surface area is 57.1 Å². The predicted molar refractivity (Wildman–Crippen MR) is 38.2 cm³/mol. The number of aliphatic hydroxyl groups is 1. The first-order valence-electron chi connectivity index (χ1n) is 3.80. The monoisotopic (exact) mass is 128 g/mol. The van der Waals surface area contributed by atoms with Crippen LogP contribution >= 0.6 is 0 Å². The molecule has 0 aromatic heterocycles. The van der Waals surface area contributed by atoms with Crippen molar-refractivity contribution in [2.24, 2.45) is 11.8 Å². The molecule has 3 unspecified atom stereocenters. The molecule has 9 heavy (non-hydrogen) atoms. The van der Waals surface area contributed by atoms with Crippen LogP contribution in [0.25, 0.3) is 0 Å². The van der Waals surface area contributed by atoms with Gasteiger partial charge in [0.25, 0.3) is 0 Å². The predicted octanol–water partition coefficient (Wildman–Crippen LogP) is 1.80. The van der Waals surface area contributed by atoms with Crippen molar-refractivity contribution in [1.29, 1.82) is 0 Å². The van der Waals surface area contributed by atoms with E-state index < -0.39 is 0 Å². The van der Waals surface area contributed by atoms with Crippen molar-refractivity contribution in [3.8, 4) is 0 Å². The molecule has 1 heteroatoms. The molecule has 0 aromatic carbocycles. The Balaban J connectivity index is 2.48. The molecule has 0 amide bonds. The molecule has 1 saturated carbocycles. The second kappa shape index (κ2) is 1.98. The van der Waals surface area contributed by atoms with E-state index >= 15 is 0 Å². The fraction of sp³-hybridized carbons (Fsp3) is 1.00. The smallest absolute Gasteiger partial charge is 0.0652 e. The summed E-state index contributed by atoms with van der Waals surface area (Å²) in [6, 6.07) is 0. The average molecular weight is 128 g/mol. The van der Waals surface area contributed by atoms with E-state index in [2.05, 4.69) is 13.8 Å². The van der Waals surface area contributed by atoms with Gasteiger partial charge in [0.05, 0.1) is 5.60 Å². The van der Waals surface area contributed by atoms with Crippen LogP contribution in [0, 0.1) is 11.8 Å². The van der Waals surface area contributed by atoms with Crippen LogP contribution in [0.15, 0.2) is 0 Å². The van der Waals surface area contributed by atoms with Crippen LogP contribution in [-0.2, 0) is 0 Å². The standard InChI is InChI=1S/C8H16O/c1-4-7-6(2)5-8(7,3)9/h6-7,9H,4-5H2,1-3H3. The van der Waals surface area contributed by atoms with Crippen LogP contribution in [0.2, 0.25) is 0 Å². The molecule has 1 N–H and O–H groups in total. The summed E-state index contributed by atoms with van der Waals surface area (Å²) in [7, 11) is 0. The van der Waals surface area contributed by atoms with Crippen molar-refractivity contribution >= 4 is 0 Å². The molecular formula is C8H16O. The summed E-state index contributed by atoms with van der Waals surface area (Å²) >= 11 is 0. The molecule has 3 atom stereocenters. The van der Waals surface area contributed by atoms with E-state index in [0.29, 0.717) is 5.92 Å². The van der Waals surface area contributed by atoms with E-state index in [0.717, 1.165) is 18.8 Å². The second-order valence-electron chi connectivity index (χ2n) is 3.55. The van der Waals surface area contributed by atoms with Crippen LogP contribution in [0.4, 0.5) is 0 Å². The topological polar surface area (TPSA) is 20.2 Å². The second-order valence-corrected chi connectivity index (χ2v) is 3.55. The third-order valence-electron chi connectivity index (χ3n) is 2.66. The molecule has 1 aliphatic rings. The molecule has 0 aromatic rings. The van der Waals surface area contributed by atoms with E-state index in [1.807, 2.05) is 6.92 Å². The highest BCUT2D eigenvalue weighted by molar-refractivity contribution is 4.96. The minimum absolute atomic E-state index is 0.339. The van der Waals surface area contributed by atoms with Crippen molar-refractivity contribution in [3.05, 3.63) is 0 Å². The lowest BCUT2D eigenvalue weighted by molar-refractivity contribution is -0.119. The third-order valence-corrected chi connectivity index (χ3v) is 2.66. The first-order chi connectivity index (χ1) is 4.08. The molecule has 1 nitrogen and oxygen atoms in total. The lowest BCUT2D eigenvalue weighted by Crippen LogP contribution is -2.50. The van der Waals surface area contributed by atoms with E-state index in [1.165, 1.54) is 0 Å². The first kappa shape index (κ1) is 7.07. The highest BCUT2D eigenvalue weighted by atomic mass is 16.3. The summed E-state index contributed by atoms with van der Waals surface area (Å²) in [5.41, 5.74) is -0.339. The lowest BCUT2D eigenvalue weighted by atomic mass is 9.62. The number of hydrogen-bond donors (Lipinski definition) is 1. The Kier molecular flexibility index (Phi) is 1.55. The van der Waals surface area contributed by atoms with Gasteiger partial charge in [0.15, 0.2) is 0 Å². The lowest BCUT2D eigenvalue weighted by Gasteiger charge is -2.48. The zero-order valence-corrected chi connectivity index (χ0v) is 6.52. The van der Waals surface area contributed by atoms with Gasteiger partial charge in [0.1, 0.15) is 0 Å². The molecule has 0 saturated heterocycles. The molecule has 0 radical (unpaired) electrons. The van der Waals surface area contributed by atoms with Crippen molar-refractivity contribution in [2.75, 3.05) is 0 Å². The quantitative estimate of drug-likeness (QED) is 0.571. The fourth-order valence-electron chi connectivity index (χ4n) is 2.24. The maximum atomic E-state index is 9.54. The normalized spacial score (nSPS) is 50.7. The van der Waals surface area contributed by atoms with Gasteiger partial charge < -0.3 is 5.11 Å². The summed E-state index contributed by atoms with van der Waals surface area (Å²) in [6.07, 6.45) is 2.11. The molecule has 0 spiro atoms. The van der Waals surface area contributed by atoms with Gasteiger partial charge in [-0.25, -0.2) is 0 Å².